The Morgan fingerprint density at radius 1 is 1.17 bits per heavy atom. The highest BCUT2D eigenvalue weighted by molar-refractivity contribution is 14.0. The van der Waals surface area contributed by atoms with Crippen LogP contribution >= 0.6 is 39.9 Å². The van der Waals surface area contributed by atoms with E-state index < -0.39 is 0 Å². The van der Waals surface area contributed by atoms with Gasteiger partial charge in [-0.1, -0.05) is 34.1 Å². The maximum Gasteiger partial charge on any atom is 0.190 e. The summed E-state index contributed by atoms with van der Waals surface area (Å²) >= 11 is 3.50. The third-order valence-electron chi connectivity index (χ3n) is 5.14. The molecule has 29 heavy (non-hydrogen) atoms. The van der Waals surface area contributed by atoms with Gasteiger partial charge < -0.3 is 20.3 Å². The number of hydrogen-bond acceptors (Lipinski definition) is 3. The summed E-state index contributed by atoms with van der Waals surface area (Å²) in [5, 5.41) is 6.89. The standard InChI is InChI=1S/C22H29BrN4O.HI/c1-24-22(25-13-11-18-5-3-4-6-21(18)28-2)26-15-17-12-14-27(16-17)20-9-7-19(23)8-10-20;/h3-10,17H,11-16H2,1-2H3,(H2,24,25,26);1H. The molecule has 0 amide bonds. The molecule has 0 bridgehead atoms. The monoisotopic (exact) mass is 572 g/mol. The molecule has 5 nitrogen and oxygen atoms in total. The molecular formula is C22H30BrIN4O. The van der Waals surface area contributed by atoms with E-state index in [1.54, 1.807) is 7.11 Å². The molecule has 1 unspecified atom stereocenters. The molecule has 0 saturated carbocycles. The summed E-state index contributed by atoms with van der Waals surface area (Å²) in [6, 6.07) is 16.7. The molecule has 1 atom stereocenters. The Morgan fingerprint density at radius 3 is 2.66 bits per heavy atom. The van der Waals surface area contributed by atoms with Gasteiger partial charge in [0.15, 0.2) is 5.96 Å². The number of anilines is 1. The second kappa shape index (κ2) is 12.3. The Morgan fingerprint density at radius 2 is 1.93 bits per heavy atom. The second-order valence-electron chi connectivity index (χ2n) is 7.02. The first-order valence-corrected chi connectivity index (χ1v) is 10.6. The molecule has 2 aromatic rings. The number of ether oxygens (including phenoxy) is 1. The van der Waals surface area contributed by atoms with Crippen LogP contribution in [-0.4, -0.2) is 46.3 Å². The van der Waals surface area contributed by atoms with Crippen molar-refractivity contribution in [3.05, 3.63) is 58.6 Å². The van der Waals surface area contributed by atoms with Crippen molar-refractivity contribution >= 4 is 51.6 Å². The van der Waals surface area contributed by atoms with E-state index in [1.165, 1.54) is 17.7 Å². The van der Waals surface area contributed by atoms with Crippen LogP contribution in [0.15, 0.2) is 58.0 Å². The lowest BCUT2D eigenvalue weighted by molar-refractivity contribution is 0.409. The number of rotatable bonds is 7. The van der Waals surface area contributed by atoms with Gasteiger partial charge in [0.1, 0.15) is 5.75 Å². The lowest BCUT2D eigenvalue weighted by Gasteiger charge is -2.19. The normalized spacial score (nSPS) is 16.3. The van der Waals surface area contributed by atoms with Crippen LogP contribution in [0.3, 0.4) is 0 Å². The minimum absolute atomic E-state index is 0. The topological polar surface area (TPSA) is 48.9 Å². The lowest BCUT2D eigenvalue weighted by atomic mass is 10.1. The van der Waals surface area contributed by atoms with E-state index in [0.717, 1.165) is 48.8 Å². The van der Waals surface area contributed by atoms with Gasteiger partial charge >= 0.3 is 0 Å². The molecule has 3 rings (SSSR count). The van der Waals surface area contributed by atoms with Crippen LogP contribution in [0.2, 0.25) is 0 Å². The fraction of sp³-hybridized carbons (Fsp3) is 0.409. The van der Waals surface area contributed by atoms with Crippen LogP contribution in [0.4, 0.5) is 5.69 Å². The molecule has 2 aromatic carbocycles. The average Bonchev–Trinajstić information content (AvgIpc) is 3.20. The van der Waals surface area contributed by atoms with Gasteiger partial charge in [-0.2, -0.15) is 0 Å². The Hall–Kier alpha value is -1.48. The van der Waals surface area contributed by atoms with E-state index in [9.17, 15) is 0 Å². The Kier molecular flexibility index (Phi) is 10.1. The van der Waals surface area contributed by atoms with Crippen molar-refractivity contribution in [3.63, 3.8) is 0 Å². The highest BCUT2D eigenvalue weighted by Crippen LogP contribution is 2.25. The first-order valence-electron chi connectivity index (χ1n) is 9.76. The van der Waals surface area contributed by atoms with Crippen molar-refractivity contribution in [1.82, 2.24) is 10.6 Å². The maximum atomic E-state index is 5.42. The maximum absolute atomic E-state index is 5.42. The molecule has 0 spiro atoms. The highest BCUT2D eigenvalue weighted by Gasteiger charge is 2.22. The molecule has 2 N–H and O–H groups in total. The number of methoxy groups -OCH3 is 1. The van der Waals surface area contributed by atoms with Gasteiger partial charge in [0.05, 0.1) is 7.11 Å². The van der Waals surface area contributed by atoms with E-state index in [2.05, 4.69) is 66.8 Å². The van der Waals surface area contributed by atoms with Crippen LogP contribution in [-0.2, 0) is 6.42 Å². The number of hydrogen-bond donors (Lipinski definition) is 2. The SMILES string of the molecule is CN=C(NCCc1ccccc1OC)NCC1CCN(c2ccc(Br)cc2)C1.I. The zero-order valence-electron chi connectivity index (χ0n) is 17.0. The molecule has 0 aromatic heterocycles. The van der Waals surface area contributed by atoms with E-state index >= 15 is 0 Å². The van der Waals surface area contributed by atoms with Gasteiger partial charge in [0.25, 0.3) is 0 Å². The molecule has 158 valence electrons. The number of halogens is 2. The number of nitrogens with one attached hydrogen (secondary N) is 2. The van der Waals surface area contributed by atoms with Crippen molar-refractivity contribution in [1.29, 1.82) is 0 Å². The quantitative estimate of drug-likeness (QED) is 0.295. The van der Waals surface area contributed by atoms with Crippen molar-refractivity contribution < 1.29 is 4.74 Å². The second-order valence-corrected chi connectivity index (χ2v) is 7.93. The smallest absolute Gasteiger partial charge is 0.190 e. The third-order valence-corrected chi connectivity index (χ3v) is 5.67. The van der Waals surface area contributed by atoms with Crippen molar-refractivity contribution in [2.24, 2.45) is 10.9 Å². The Bertz CT molecular complexity index is 785. The molecule has 0 radical (unpaired) electrons. The molecule has 0 aliphatic carbocycles. The molecular weight excluding hydrogens is 543 g/mol. The van der Waals surface area contributed by atoms with Crippen LogP contribution < -0.4 is 20.3 Å². The van der Waals surface area contributed by atoms with Gasteiger partial charge in [-0.05, 0) is 54.7 Å². The Balaban J connectivity index is 0.00000300. The number of benzene rings is 2. The summed E-state index contributed by atoms with van der Waals surface area (Å²) in [4.78, 5) is 6.81. The number of para-hydroxylation sites is 1. The van der Waals surface area contributed by atoms with Gasteiger partial charge in [-0.15, -0.1) is 24.0 Å². The molecule has 1 aliphatic rings. The first-order chi connectivity index (χ1) is 13.7. The van der Waals surface area contributed by atoms with Gasteiger partial charge in [0, 0.05) is 43.4 Å². The summed E-state index contributed by atoms with van der Waals surface area (Å²) < 4.78 is 6.54. The third kappa shape index (κ3) is 7.06. The van der Waals surface area contributed by atoms with E-state index in [-0.39, 0.29) is 24.0 Å². The fourth-order valence-corrected chi connectivity index (χ4v) is 3.84. The minimum Gasteiger partial charge on any atom is -0.496 e. The highest BCUT2D eigenvalue weighted by atomic mass is 127. The summed E-state index contributed by atoms with van der Waals surface area (Å²) in [5.74, 6) is 2.42. The summed E-state index contributed by atoms with van der Waals surface area (Å²) in [6.07, 6.45) is 2.09. The van der Waals surface area contributed by atoms with Gasteiger partial charge in [-0.25, -0.2) is 0 Å². The molecule has 1 saturated heterocycles. The van der Waals surface area contributed by atoms with Crippen molar-refractivity contribution in [3.8, 4) is 5.75 Å². The van der Waals surface area contributed by atoms with Crippen LogP contribution in [0.1, 0.15) is 12.0 Å². The minimum atomic E-state index is 0. The summed E-state index contributed by atoms with van der Waals surface area (Å²) in [6.45, 7) is 3.93. The number of guanidine groups is 1. The van der Waals surface area contributed by atoms with Crippen molar-refractivity contribution in [2.45, 2.75) is 12.8 Å². The Labute approximate surface area is 199 Å². The van der Waals surface area contributed by atoms with Crippen LogP contribution in [0.25, 0.3) is 0 Å². The summed E-state index contributed by atoms with van der Waals surface area (Å²) in [5.41, 5.74) is 2.50. The zero-order chi connectivity index (χ0) is 19.8. The first kappa shape index (κ1) is 23.8. The molecule has 1 heterocycles. The van der Waals surface area contributed by atoms with Crippen molar-refractivity contribution in [2.75, 3.05) is 45.2 Å². The zero-order valence-corrected chi connectivity index (χ0v) is 20.9. The van der Waals surface area contributed by atoms with Crippen LogP contribution in [0.5, 0.6) is 5.75 Å². The van der Waals surface area contributed by atoms with Gasteiger partial charge in [-0.3, -0.25) is 4.99 Å². The molecule has 1 aliphatic heterocycles. The predicted octanol–water partition coefficient (Wildman–Crippen LogP) is 4.31. The largest absolute Gasteiger partial charge is 0.496 e. The summed E-state index contributed by atoms with van der Waals surface area (Å²) in [7, 11) is 3.53. The van der Waals surface area contributed by atoms with Gasteiger partial charge in [0.2, 0.25) is 0 Å². The van der Waals surface area contributed by atoms with E-state index in [1.807, 2.05) is 25.2 Å². The number of aliphatic imine (C=N–C) groups is 1. The lowest BCUT2D eigenvalue weighted by Crippen LogP contribution is -2.41. The molecule has 1 fully saturated rings. The molecule has 7 heteroatoms. The van der Waals surface area contributed by atoms with E-state index in [0.29, 0.717) is 5.92 Å². The number of nitrogens with zero attached hydrogens (tertiary/aromatic N) is 2. The van der Waals surface area contributed by atoms with Crippen LogP contribution in [0, 0.1) is 5.92 Å². The van der Waals surface area contributed by atoms with E-state index in [4.69, 9.17) is 4.74 Å². The fourth-order valence-electron chi connectivity index (χ4n) is 3.57. The predicted molar refractivity (Wildman–Crippen MR) is 136 cm³/mol. The average molecular weight is 573 g/mol.